The maximum Gasteiger partial charge on any atom is 0.223 e. The van der Waals surface area contributed by atoms with E-state index in [1.165, 1.54) is 6.33 Å². The van der Waals surface area contributed by atoms with Crippen molar-refractivity contribution in [2.75, 3.05) is 19.5 Å². The Morgan fingerprint density at radius 3 is 3.00 bits per heavy atom. The average Bonchev–Trinajstić information content (AvgIpc) is 2.05. The van der Waals surface area contributed by atoms with Crippen LogP contribution >= 0.6 is 0 Å². The van der Waals surface area contributed by atoms with E-state index < -0.39 is 0 Å². The van der Waals surface area contributed by atoms with Crippen molar-refractivity contribution in [3.63, 3.8) is 0 Å². The van der Waals surface area contributed by atoms with E-state index in [1.54, 1.807) is 7.11 Å². The van der Waals surface area contributed by atoms with E-state index >= 15 is 0 Å². The predicted molar refractivity (Wildman–Crippen MR) is 44.4 cm³/mol. The third-order valence-electron chi connectivity index (χ3n) is 1.39. The van der Waals surface area contributed by atoms with Crippen molar-refractivity contribution >= 4 is 5.95 Å². The second kappa shape index (κ2) is 4.61. The first-order chi connectivity index (χ1) is 5.83. The summed E-state index contributed by atoms with van der Waals surface area (Å²) >= 11 is 0. The third kappa shape index (κ3) is 2.79. The molecule has 5 heteroatoms. The van der Waals surface area contributed by atoms with Crippen LogP contribution in [0, 0.1) is 0 Å². The Labute approximate surface area is 71.0 Å². The molecule has 1 rings (SSSR count). The molecule has 0 radical (unpaired) electrons. The molecule has 0 aliphatic heterocycles. The molecule has 1 heterocycles. The van der Waals surface area contributed by atoms with E-state index in [2.05, 4.69) is 15.0 Å². The van der Waals surface area contributed by atoms with Crippen molar-refractivity contribution < 1.29 is 4.74 Å². The van der Waals surface area contributed by atoms with Gasteiger partial charge in [0.2, 0.25) is 5.95 Å². The van der Waals surface area contributed by atoms with Crippen molar-refractivity contribution in [1.29, 1.82) is 0 Å². The first-order valence-electron chi connectivity index (χ1n) is 3.75. The highest BCUT2D eigenvalue weighted by molar-refractivity contribution is 5.12. The molecule has 0 fully saturated rings. The zero-order valence-corrected chi connectivity index (χ0v) is 7.03. The summed E-state index contributed by atoms with van der Waals surface area (Å²) in [6, 6.07) is 0. The van der Waals surface area contributed by atoms with Crippen LogP contribution in [0.5, 0.6) is 0 Å². The van der Waals surface area contributed by atoms with Crippen LogP contribution in [0.25, 0.3) is 0 Å². The van der Waals surface area contributed by atoms with Crippen LogP contribution < -0.4 is 5.73 Å². The first kappa shape index (κ1) is 8.86. The van der Waals surface area contributed by atoms with E-state index in [0.717, 1.165) is 18.7 Å². The Kier molecular flexibility index (Phi) is 3.40. The number of methoxy groups -OCH3 is 1. The fraction of sp³-hybridized carbons (Fsp3) is 0.571. The van der Waals surface area contributed by atoms with Gasteiger partial charge in [-0.25, -0.2) is 9.97 Å². The fourth-order valence-electron chi connectivity index (χ4n) is 0.840. The fourth-order valence-corrected chi connectivity index (χ4v) is 0.840. The summed E-state index contributed by atoms with van der Waals surface area (Å²) in [5.41, 5.74) is 5.37. The number of nitrogens with two attached hydrogens (primary N) is 1. The van der Waals surface area contributed by atoms with Crippen molar-refractivity contribution in [2.45, 2.75) is 12.8 Å². The molecule has 0 saturated carbocycles. The van der Waals surface area contributed by atoms with E-state index in [0.29, 0.717) is 6.61 Å². The lowest BCUT2D eigenvalue weighted by Gasteiger charge is -1.98. The van der Waals surface area contributed by atoms with E-state index in [-0.39, 0.29) is 5.95 Å². The van der Waals surface area contributed by atoms with E-state index in [4.69, 9.17) is 10.5 Å². The van der Waals surface area contributed by atoms with Crippen LogP contribution in [0.4, 0.5) is 5.95 Å². The van der Waals surface area contributed by atoms with E-state index in [1.807, 2.05) is 0 Å². The third-order valence-corrected chi connectivity index (χ3v) is 1.39. The molecule has 0 saturated heterocycles. The molecule has 2 N–H and O–H groups in total. The number of aromatic nitrogens is 3. The molecule has 0 amide bonds. The highest BCUT2D eigenvalue weighted by Gasteiger charge is 1.96. The van der Waals surface area contributed by atoms with Gasteiger partial charge in [0.25, 0.3) is 0 Å². The van der Waals surface area contributed by atoms with Crippen LogP contribution in [-0.4, -0.2) is 28.7 Å². The number of hydrogen-bond donors (Lipinski definition) is 1. The summed E-state index contributed by atoms with van der Waals surface area (Å²) in [6.07, 6.45) is 3.10. The minimum Gasteiger partial charge on any atom is -0.385 e. The SMILES string of the molecule is COCCCc1ncnc(N)n1. The molecular formula is C7H12N4O. The Hall–Kier alpha value is -1.23. The van der Waals surface area contributed by atoms with Crippen molar-refractivity contribution in [1.82, 2.24) is 15.0 Å². The van der Waals surface area contributed by atoms with Crippen LogP contribution in [-0.2, 0) is 11.2 Å². The molecule has 1 aromatic heterocycles. The molecule has 0 aliphatic rings. The molecule has 12 heavy (non-hydrogen) atoms. The quantitative estimate of drug-likeness (QED) is 0.642. The van der Waals surface area contributed by atoms with Gasteiger partial charge in [-0.05, 0) is 6.42 Å². The van der Waals surface area contributed by atoms with Gasteiger partial charge in [0, 0.05) is 20.1 Å². The number of anilines is 1. The van der Waals surface area contributed by atoms with Gasteiger partial charge < -0.3 is 10.5 Å². The van der Waals surface area contributed by atoms with Crippen LogP contribution in [0.3, 0.4) is 0 Å². The number of rotatable bonds is 4. The van der Waals surface area contributed by atoms with Gasteiger partial charge in [-0.1, -0.05) is 0 Å². The minimum absolute atomic E-state index is 0.275. The van der Waals surface area contributed by atoms with Crippen LogP contribution in [0.15, 0.2) is 6.33 Å². The van der Waals surface area contributed by atoms with Gasteiger partial charge in [-0.2, -0.15) is 4.98 Å². The van der Waals surface area contributed by atoms with Crippen LogP contribution in [0.1, 0.15) is 12.2 Å². The van der Waals surface area contributed by atoms with Gasteiger partial charge in [-0.15, -0.1) is 0 Å². The number of hydrogen-bond acceptors (Lipinski definition) is 5. The van der Waals surface area contributed by atoms with Gasteiger partial charge in [0.05, 0.1) is 0 Å². The monoisotopic (exact) mass is 168 g/mol. The average molecular weight is 168 g/mol. The minimum atomic E-state index is 0.275. The predicted octanol–water partition coefficient (Wildman–Crippen LogP) is 0.0328. The van der Waals surface area contributed by atoms with Gasteiger partial charge in [0.15, 0.2) is 0 Å². The Bertz CT molecular complexity index is 241. The lowest BCUT2D eigenvalue weighted by atomic mass is 10.3. The van der Waals surface area contributed by atoms with Crippen LogP contribution in [0.2, 0.25) is 0 Å². The molecule has 0 spiro atoms. The van der Waals surface area contributed by atoms with Gasteiger partial charge in [0.1, 0.15) is 12.2 Å². The maximum absolute atomic E-state index is 5.37. The largest absolute Gasteiger partial charge is 0.385 e. The maximum atomic E-state index is 5.37. The number of ether oxygens (including phenoxy) is 1. The molecule has 0 unspecified atom stereocenters. The highest BCUT2D eigenvalue weighted by Crippen LogP contribution is 1.96. The van der Waals surface area contributed by atoms with Crippen molar-refractivity contribution in [3.8, 4) is 0 Å². The zero-order valence-electron chi connectivity index (χ0n) is 7.03. The number of nitrogen functional groups attached to an aromatic ring is 1. The van der Waals surface area contributed by atoms with Crippen molar-refractivity contribution in [2.24, 2.45) is 0 Å². The highest BCUT2D eigenvalue weighted by atomic mass is 16.5. The lowest BCUT2D eigenvalue weighted by molar-refractivity contribution is 0.194. The molecular weight excluding hydrogens is 156 g/mol. The molecule has 66 valence electrons. The van der Waals surface area contributed by atoms with E-state index in [9.17, 15) is 0 Å². The number of nitrogens with zero attached hydrogens (tertiary/aromatic N) is 3. The molecule has 1 aromatic rings. The summed E-state index contributed by atoms with van der Waals surface area (Å²) in [7, 11) is 1.67. The summed E-state index contributed by atoms with van der Waals surface area (Å²) in [4.78, 5) is 11.6. The molecule has 0 bridgehead atoms. The molecule has 0 atom stereocenters. The topological polar surface area (TPSA) is 73.9 Å². The Balaban J connectivity index is 2.41. The van der Waals surface area contributed by atoms with Crippen molar-refractivity contribution in [3.05, 3.63) is 12.2 Å². The normalized spacial score (nSPS) is 10.1. The second-order valence-corrected chi connectivity index (χ2v) is 2.36. The summed E-state index contributed by atoms with van der Waals surface area (Å²) in [5, 5.41) is 0. The summed E-state index contributed by atoms with van der Waals surface area (Å²) in [5.74, 6) is 0.997. The standard InChI is InChI=1S/C7H12N4O/c1-12-4-2-3-6-9-5-10-7(8)11-6/h5H,2-4H2,1H3,(H2,8,9,10,11). The first-order valence-corrected chi connectivity index (χ1v) is 3.75. The smallest absolute Gasteiger partial charge is 0.223 e. The second-order valence-electron chi connectivity index (χ2n) is 2.36. The van der Waals surface area contributed by atoms with Gasteiger partial charge >= 0.3 is 0 Å². The summed E-state index contributed by atoms with van der Waals surface area (Å²) in [6.45, 7) is 0.714. The summed E-state index contributed by atoms with van der Waals surface area (Å²) < 4.78 is 4.89. The molecule has 0 aliphatic carbocycles. The van der Waals surface area contributed by atoms with Gasteiger partial charge in [-0.3, -0.25) is 0 Å². The molecule has 0 aromatic carbocycles. The lowest BCUT2D eigenvalue weighted by Crippen LogP contribution is -2.02. The Morgan fingerprint density at radius 1 is 1.50 bits per heavy atom. The number of aryl methyl sites for hydroxylation is 1. The molecule has 5 nitrogen and oxygen atoms in total. The zero-order chi connectivity index (χ0) is 8.81. The Morgan fingerprint density at radius 2 is 2.33 bits per heavy atom.